The molecule has 2 aliphatic carbocycles. The molecule has 0 atom stereocenters. The van der Waals surface area contributed by atoms with Gasteiger partial charge in [-0.2, -0.15) is 0 Å². The first-order valence-electron chi connectivity index (χ1n) is 24.7. The second-order valence-corrected chi connectivity index (χ2v) is 24.4. The standard InChI is InChI=1S/C63H55BN2OS/c1-60(2,3)34-18-20-35(21-19-34)65-51-32-47-40(41-27-48-49(31-46(41)63(47,8)9)62(6,7)25-24-61(48,4)5)26-42(51)38-22-23-39-43-30-55-44(36-14-10-12-16-54(36)67-55)28-52(43)66-53-29-45-37-15-11-13-17-56(37)68-57(45)33-50(53)64-58(38)59(39)66/h10-23,26-33,64-65H,24-25H2,1-9H3. The Hall–Kier alpha value is -6.56. The maximum Gasteiger partial charge on any atom is 0.198 e. The lowest BCUT2D eigenvalue weighted by molar-refractivity contribution is 0.331. The molecule has 3 aliphatic rings. The summed E-state index contributed by atoms with van der Waals surface area (Å²) in [4.78, 5) is 0. The van der Waals surface area contributed by atoms with E-state index in [9.17, 15) is 0 Å². The van der Waals surface area contributed by atoms with Gasteiger partial charge in [-0.05, 0) is 146 Å². The van der Waals surface area contributed by atoms with Crippen LogP contribution in [0, 0.1) is 0 Å². The molecule has 5 heteroatoms. The fourth-order valence-corrected chi connectivity index (χ4v) is 13.9. The normalized spacial score (nSPS) is 16.4. The summed E-state index contributed by atoms with van der Waals surface area (Å²) in [7, 11) is 0.831. The van der Waals surface area contributed by atoms with E-state index in [1.54, 1.807) is 0 Å². The van der Waals surface area contributed by atoms with Crippen LogP contribution in [0.15, 0.2) is 138 Å². The Morgan fingerprint density at radius 3 is 2.04 bits per heavy atom. The summed E-state index contributed by atoms with van der Waals surface area (Å²) in [5, 5.41) is 11.5. The highest BCUT2D eigenvalue weighted by Crippen LogP contribution is 2.56. The summed E-state index contributed by atoms with van der Waals surface area (Å²) >= 11 is 1.91. The van der Waals surface area contributed by atoms with E-state index in [0.29, 0.717) is 0 Å². The van der Waals surface area contributed by atoms with E-state index in [0.717, 1.165) is 40.6 Å². The van der Waals surface area contributed by atoms with Crippen molar-refractivity contribution in [3.8, 4) is 27.9 Å². The van der Waals surface area contributed by atoms with Crippen molar-refractivity contribution >= 4 is 105 Å². The van der Waals surface area contributed by atoms with Gasteiger partial charge in [0.15, 0.2) is 7.28 Å². The highest BCUT2D eigenvalue weighted by Gasteiger charge is 2.43. The van der Waals surface area contributed by atoms with Gasteiger partial charge in [-0.25, -0.2) is 0 Å². The molecule has 11 aromatic rings. The summed E-state index contributed by atoms with van der Waals surface area (Å²) in [5.74, 6) is 0. The van der Waals surface area contributed by atoms with Gasteiger partial charge in [0, 0.05) is 75.3 Å². The second-order valence-electron chi connectivity index (χ2n) is 23.3. The van der Waals surface area contributed by atoms with Crippen molar-refractivity contribution in [3.05, 3.63) is 161 Å². The molecule has 0 amide bonds. The summed E-state index contributed by atoms with van der Waals surface area (Å²) in [5.41, 5.74) is 23.2. The third-order valence-corrected chi connectivity index (χ3v) is 18.0. The van der Waals surface area contributed by atoms with Gasteiger partial charge in [0.05, 0.1) is 5.52 Å². The minimum atomic E-state index is -0.178. The number of para-hydroxylation sites is 1. The van der Waals surface area contributed by atoms with Crippen LogP contribution in [0.4, 0.5) is 11.4 Å². The van der Waals surface area contributed by atoms with E-state index >= 15 is 0 Å². The predicted molar refractivity (Wildman–Crippen MR) is 294 cm³/mol. The second kappa shape index (κ2) is 13.4. The van der Waals surface area contributed by atoms with Crippen molar-refractivity contribution < 1.29 is 4.42 Å². The highest BCUT2D eigenvalue weighted by molar-refractivity contribution is 7.26. The maximum atomic E-state index is 6.59. The maximum absolute atomic E-state index is 6.59. The molecular weight excluding hydrogens is 844 g/mol. The van der Waals surface area contributed by atoms with Gasteiger partial charge in [-0.15, -0.1) is 11.3 Å². The number of nitrogens with zero attached hydrogens (tertiary/aromatic N) is 1. The first kappa shape index (κ1) is 40.5. The molecule has 0 fully saturated rings. The molecule has 3 aromatic heterocycles. The number of hydrogen-bond acceptors (Lipinski definition) is 3. The van der Waals surface area contributed by atoms with E-state index in [4.69, 9.17) is 4.42 Å². The van der Waals surface area contributed by atoms with Crippen LogP contribution in [0.1, 0.15) is 103 Å². The third kappa shape index (κ3) is 5.54. The number of hydrogen-bond donors (Lipinski definition) is 1. The van der Waals surface area contributed by atoms with Crippen LogP contribution in [0.25, 0.3) is 91.9 Å². The molecule has 68 heavy (non-hydrogen) atoms. The SMILES string of the molecule is CC(C)(C)c1ccc(Nc2cc3c(cc2-c2ccc4c5cc6oc7ccccc7c6cc5n5c4c2Bc2cc4sc6ccccc6c4cc2-5)-c2cc4c(cc2C3(C)C)C(C)(C)CCC4(C)C)cc1. The molecule has 0 spiro atoms. The smallest absolute Gasteiger partial charge is 0.198 e. The van der Waals surface area contributed by atoms with Gasteiger partial charge in [-0.1, -0.05) is 135 Å². The third-order valence-electron chi connectivity index (χ3n) is 16.8. The van der Waals surface area contributed by atoms with Crippen LogP contribution >= 0.6 is 11.3 Å². The lowest BCUT2D eigenvalue weighted by atomic mass is 9.59. The van der Waals surface area contributed by atoms with Crippen LogP contribution in [-0.2, 0) is 21.7 Å². The minimum Gasteiger partial charge on any atom is -0.456 e. The molecule has 8 aromatic carbocycles. The van der Waals surface area contributed by atoms with E-state index in [-0.39, 0.29) is 21.7 Å². The predicted octanol–water partition coefficient (Wildman–Crippen LogP) is 16.1. The number of rotatable bonds is 3. The van der Waals surface area contributed by atoms with Crippen LogP contribution in [-0.4, -0.2) is 11.8 Å². The van der Waals surface area contributed by atoms with Gasteiger partial charge in [0.1, 0.15) is 11.2 Å². The van der Waals surface area contributed by atoms with Gasteiger partial charge in [0.25, 0.3) is 0 Å². The lowest BCUT2D eigenvalue weighted by Gasteiger charge is -2.42. The fraction of sp³-hybridized carbons (Fsp3) is 0.238. The van der Waals surface area contributed by atoms with Gasteiger partial charge in [0.2, 0.25) is 0 Å². The van der Waals surface area contributed by atoms with E-state index in [2.05, 4.69) is 206 Å². The fourth-order valence-electron chi connectivity index (χ4n) is 12.8. The monoisotopic (exact) mass is 898 g/mol. The molecule has 0 saturated carbocycles. The number of furan rings is 1. The molecule has 1 N–H and O–H groups in total. The average molecular weight is 899 g/mol. The van der Waals surface area contributed by atoms with E-state index in [1.807, 2.05) is 11.3 Å². The highest BCUT2D eigenvalue weighted by atomic mass is 32.1. The topological polar surface area (TPSA) is 30.1 Å². The zero-order chi connectivity index (χ0) is 46.4. The van der Waals surface area contributed by atoms with Crippen molar-refractivity contribution in [2.24, 2.45) is 0 Å². The largest absolute Gasteiger partial charge is 0.456 e. The quantitative estimate of drug-likeness (QED) is 0.179. The zero-order valence-corrected chi connectivity index (χ0v) is 41.4. The summed E-state index contributed by atoms with van der Waals surface area (Å²) in [6, 6.07) is 51.3. The van der Waals surface area contributed by atoms with Gasteiger partial charge in [-0.3, -0.25) is 0 Å². The molecule has 14 rings (SSSR count). The Bertz CT molecular complexity index is 4030. The number of benzene rings is 8. The zero-order valence-electron chi connectivity index (χ0n) is 40.6. The first-order chi connectivity index (χ1) is 32.5. The molecule has 332 valence electrons. The number of fused-ring (bicyclic) bond motifs is 15. The van der Waals surface area contributed by atoms with Crippen molar-refractivity contribution in [2.75, 3.05) is 5.32 Å². The molecule has 3 nitrogen and oxygen atoms in total. The number of aromatic nitrogens is 1. The van der Waals surface area contributed by atoms with Crippen molar-refractivity contribution in [1.29, 1.82) is 0 Å². The van der Waals surface area contributed by atoms with E-state index in [1.165, 1.54) is 122 Å². The summed E-state index contributed by atoms with van der Waals surface area (Å²) in [6.07, 6.45) is 2.40. The summed E-state index contributed by atoms with van der Waals surface area (Å²) in [6.45, 7) is 21.6. The van der Waals surface area contributed by atoms with Crippen LogP contribution < -0.4 is 16.2 Å². The van der Waals surface area contributed by atoms with Gasteiger partial charge < -0.3 is 14.3 Å². The van der Waals surface area contributed by atoms with Crippen LogP contribution in [0.2, 0.25) is 0 Å². The van der Waals surface area contributed by atoms with Crippen LogP contribution in [0.5, 0.6) is 0 Å². The number of nitrogens with one attached hydrogen (secondary N) is 1. The Morgan fingerprint density at radius 2 is 1.26 bits per heavy atom. The Balaban J connectivity index is 1.06. The van der Waals surface area contributed by atoms with Gasteiger partial charge >= 0.3 is 0 Å². The minimum absolute atomic E-state index is 0.0687. The Morgan fingerprint density at radius 1 is 0.559 bits per heavy atom. The molecule has 0 radical (unpaired) electrons. The van der Waals surface area contributed by atoms with Crippen molar-refractivity contribution in [3.63, 3.8) is 0 Å². The van der Waals surface area contributed by atoms with Crippen molar-refractivity contribution in [1.82, 2.24) is 4.57 Å². The molecule has 0 unspecified atom stereocenters. The molecule has 4 heterocycles. The van der Waals surface area contributed by atoms with E-state index < -0.39 is 0 Å². The Kier molecular flexibility index (Phi) is 7.96. The molecule has 1 aliphatic heterocycles. The number of thiophene rings is 1. The average Bonchev–Trinajstić information content (AvgIpc) is 4.02. The lowest BCUT2D eigenvalue weighted by Crippen LogP contribution is -2.37. The molecular formula is C63H55BN2OS. The molecule has 0 bridgehead atoms. The first-order valence-corrected chi connectivity index (χ1v) is 25.5. The summed E-state index contributed by atoms with van der Waals surface area (Å²) < 4.78 is 11.9. The van der Waals surface area contributed by atoms with Crippen molar-refractivity contribution in [2.45, 2.75) is 96.8 Å². The Labute approximate surface area is 403 Å². The number of anilines is 2. The molecule has 0 saturated heterocycles. The van der Waals surface area contributed by atoms with Crippen LogP contribution in [0.3, 0.4) is 0 Å².